The zero-order chi connectivity index (χ0) is 18.7. The molecule has 5 heteroatoms. The first-order valence-electron chi connectivity index (χ1n) is 8.58. The van der Waals surface area contributed by atoms with E-state index in [1.807, 2.05) is 42.2 Å². The highest BCUT2D eigenvalue weighted by molar-refractivity contribution is 5.94. The Morgan fingerprint density at radius 2 is 1.81 bits per heavy atom. The molecule has 0 radical (unpaired) electrons. The Balaban J connectivity index is 1.84. The fourth-order valence-electron chi connectivity index (χ4n) is 3.28. The van der Waals surface area contributed by atoms with Crippen molar-refractivity contribution in [3.63, 3.8) is 0 Å². The minimum atomic E-state index is -0.0817. The Bertz CT molecular complexity index is 832. The van der Waals surface area contributed by atoms with E-state index in [2.05, 4.69) is 12.6 Å². The van der Waals surface area contributed by atoms with Crippen molar-refractivity contribution >= 4 is 11.7 Å². The maximum Gasteiger partial charge on any atom is 0.328 e. The van der Waals surface area contributed by atoms with Crippen LogP contribution in [-0.4, -0.2) is 31.7 Å². The number of urea groups is 1. The molecule has 0 aliphatic carbocycles. The van der Waals surface area contributed by atoms with Crippen molar-refractivity contribution in [3.05, 3.63) is 65.9 Å². The molecule has 3 rings (SSSR count). The molecular formula is C21H24N2O3. The van der Waals surface area contributed by atoms with Crippen molar-refractivity contribution in [3.8, 4) is 11.5 Å². The van der Waals surface area contributed by atoms with Crippen LogP contribution in [0.1, 0.15) is 16.7 Å². The molecule has 0 N–H and O–H groups in total. The summed E-state index contributed by atoms with van der Waals surface area (Å²) in [5.41, 5.74) is 4.15. The highest BCUT2D eigenvalue weighted by Gasteiger charge is 2.26. The summed E-state index contributed by atoms with van der Waals surface area (Å²) in [5, 5.41) is 0. The van der Waals surface area contributed by atoms with Gasteiger partial charge in [0.1, 0.15) is 11.5 Å². The summed E-state index contributed by atoms with van der Waals surface area (Å²) in [6.45, 7) is 7.03. The van der Waals surface area contributed by atoms with E-state index in [9.17, 15) is 4.79 Å². The SMILES string of the molecule is C=CN(C(=O)N1CCc2ccc(OC)cc2C1)c1ccc(OC)cc1C. The molecule has 0 spiro atoms. The van der Waals surface area contributed by atoms with Crippen LogP contribution in [0.4, 0.5) is 10.5 Å². The van der Waals surface area contributed by atoms with Crippen molar-refractivity contribution in [2.75, 3.05) is 25.7 Å². The average molecular weight is 352 g/mol. The van der Waals surface area contributed by atoms with Gasteiger partial charge in [-0.2, -0.15) is 0 Å². The van der Waals surface area contributed by atoms with Crippen LogP contribution in [-0.2, 0) is 13.0 Å². The molecule has 0 unspecified atom stereocenters. The number of carbonyl (C=O) groups is 1. The summed E-state index contributed by atoms with van der Waals surface area (Å²) < 4.78 is 10.6. The summed E-state index contributed by atoms with van der Waals surface area (Å²) >= 11 is 0. The Labute approximate surface area is 154 Å². The summed E-state index contributed by atoms with van der Waals surface area (Å²) in [4.78, 5) is 16.6. The second-order valence-corrected chi connectivity index (χ2v) is 6.29. The highest BCUT2D eigenvalue weighted by atomic mass is 16.5. The van der Waals surface area contributed by atoms with Gasteiger partial charge < -0.3 is 14.4 Å². The van der Waals surface area contributed by atoms with Gasteiger partial charge in [-0.05, 0) is 60.4 Å². The number of anilines is 1. The molecule has 1 aliphatic heterocycles. The number of hydrogen-bond acceptors (Lipinski definition) is 3. The van der Waals surface area contributed by atoms with Crippen molar-refractivity contribution in [1.82, 2.24) is 4.90 Å². The average Bonchev–Trinajstić information content (AvgIpc) is 2.68. The zero-order valence-corrected chi connectivity index (χ0v) is 15.5. The van der Waals surface area contributed by atoms with Gasteiger partial charge in [0, 0.05) is 19.3 Å². The molecule has 1 aliphatic rings. The lowest BCUT2D eigenvalue weighted by molar-refractivity contribution is 0.201. The van der Waals surface area contributed by atoms with Crippen molar-refractivity contribution < 1.29 is 14.3 Å². The van der Waals surface area contributed by atoms with Crippen LogP contribution in [0.2, 0.25) is 0 Å². The second kappa shape index (κ2) is 7.52. The monoisotopic (exact) mass is 352 g/mol. The maximum absolute atomic E-state index is 13.1. The minimum absolute atomic E-state index is 0.0817. The highest BCUT2D eigenvalue weighted by Crippen LogP contribution is 2.28. The lowest BCUT2D eigenvalue weighted by atomic mass is 9.99. The summed E-state index contributed by atoms with van der Waals surface area (Å²) in [7, 11) is 3.28. The van der Waals surface area contributed by atoms with E-state index in [0.29, 0.717) is 13.1 Å². The first-order chi connectivity index (χ1) is 12.6. The van der Waals surface area contributed by atoms with Gasteiger partial charge in [-0.1, -0.05) is 12.6 Å². The maximum atomic E-state index is 13.1. The third-order valence-corrected chi connectivity index (χ3v) is 4.75. The molecule has 0 fully saturated rings. The van der Waals surface area contributed by atoms with Gasteiger partial charge in [-0.3, -0.25) is 4.90 Å². The number of amides is 2. The molecular weight excluding hydrogens is 328 g/mol. The Hall–Kier alpha value is -2.95. The van der Waals surface area contributed by atoms with Gasteiger partial charge in [0.2, 0.25) is 0 Å². The molecule has 0 atom stereocenters. The quantitative estimate of drug-likeness (QED) is 0.830. The van der Waals surface area contributed by atoms with Crippen LogP contribution in [0.15, 0.2) is 49.2 Å². The molecule has 0 saturated carbocycles. The Kier molecular flexibility index (Phi) is 5.16. The standard InChI is InChI=1S/C21H24N2O3/c1-5-23(20-9-8-18(25-3)12-15(20)2)21(24)22-11-10-16-6-7-19(26-4)13-17(16)14-22/h5-9,12-13H,1,10-11,14H2,2-4H3. The third kappa shape index (κ3) is 3.38. The number of aryl methyl sites for hydroxylation is 1. The molecule has 2 aromatic carbocycles. The number of ether oxygens (including phenoxy) is 2. The summed E-state index contributed by atoms with van der Waals surface area (Å²) in [6, 6.07) is 11.6. The van der Waals surface area contributed by atoms with E-state index in [0.717, 1.165) is 34.7 Å². The normalized spacial score (nSPS) is 13.0. The molecule has 0 saturated heterocycles. The van der Waals surface area contributed by atoms with E-state index in [-0.39, 0.29) is 6.03 Å². The number of methoxy groups -OCH3 is 2. The number of benzene rings is 2. The van der Waals surface area contributed by atoms with Crippen LogP contribution in [0, 0.1) is 6.92 Å². The van der Waals surface area contributed by atoms with Crippen LogP contribution < -0.4 is 14.4 Å². The smallest absolute Gasteiger partial charge is 0.328 e. The predicted molar refractivity (Wildman–Crippen MR) is 103 cm³/mol. The van der Waals surface area contributed by atoms with Crippen molar-refractivity contribution in [2.24, 2.45) is 0 Å². The number of rotatable bonds is 4. The predicted octanol–water partition coefficient (Wildman–Crippen LogP) is 4.14. The number of fused-ring (bicyclic) bond motifs is 1. The largest absolute Gasteiger partial charge is 0.497 e. The molecule has 26 heavy (non-hydrogen) atoms. The zero-order valence-electron chi connectivity index (χ0n) is 15.5. The van der Waals surface area contributed by atoms with E-state index in [1.165, 1.54) is 5.56 Å². The van der Waals surface area contributed by atoms with E-state index in [1.54, 1.807) is 25.3 Å². The first kappa shape index (κ1) is 17.9. The second-order valence-electron chi connectivity index (χ2n) is 6.29. The molecule has 136 valence electrons. The Morgan fingerprint density at radius 3 is 2.46 bits per heavy atom. The molecule has 1 heterocycles. The third-order valence-electron chi connectivity index (χ3n) is 4.75. The van der Waals surface area contributed by atoms with Gasteiger partial charge >= 0.3 is 6.03 Å². The van der Waals surface area contributed by atoms with Crippen molar-refractivity contribution in [2.45, 2.75) is 19.9 Å². The molecule has 0 bridgehead atoms. The van der Waals surface area contributed by atoms with Crippen LogP contribution in [0.5, 0.6) is 11.5 Å². The van der Waals surface area contributed by atoms with E-state index >= 15 is 0 Å². The molecule has 5 nitrogen and oxygen atoms in total. The minimum Gasteiger partial charge on any atom is -0.497 e. The van der Waals surface area contributed by atoms with Gasteiger partial charge in [0.05, 0.1) is 19.9 Å². The fourth-order valence-corrected chi connectivity index (χ4v) is 3.28. The Morgan fingerprint density at radius 1 is 1.12 bits per heavy atom. The van der Waals surface area contributed by atoms with Gasteiger partial charge in [0.15, 0.2) is 0 Å². The molecule has 2 aromatic rings. The van der Waals surface area contributed by atoms with Crippen LogP contribution in [0.25, 0.3) is 0 Å². The van der Waals surface area contributed by atoms with Gasteiger partial charge in [-0.25, -0.2) is 4.79 Å². The fraction of sp³-hybridized carbons (Fsp3) is 0.286. The van der Waals surface area contributed by atoms with E-state index in [4.69, 9.17) is 9.47 Å². The van der Waals surface area contributed by atoms with Crippen molar-refractivity contribution in [1.29, 1.82) is 0 Å². The van der Waals surface area contributed by atoms with Gasteiger partial charge in [0.25, 0.3) is 0 Å². The topological polar surface area (TPSA) is 42.0 Å². The summed E-state index contributed by atoms with van der Waals surface area (Å²) in [6.07, 6.45) is 2.40. The number of hydrogen-bond donors (Lipinski definition) is 0. The van der Waals surface area contributed by atoms with Crippen LogP contribution >= 0.6 is 0 Å². The first-order valence-corrected chi connectivity index (χ1v) is 8.58. The molecule has 0 aromatic heterocycles. The van der Waals surface area contributed by atoms with E-state index < -0.39 is 0 Å². The summed E-state index contributed by atoms with van der Waals surface area (Å²) in [5.74, 6) is 1.58. The van der Waals surface area contributed by atoms with Gasteiger partial charge in [-0.15, -0.1) is 0 Å². The number of carbonyl (C=O) groups excluding carboxylic acids is 1. The lowest BCUT2D eigenvalue weighted by Crippen LogP contribution is -2.43. The van der Waals surface area contributed by atoms with Crippen LogP contribution in [0.3, 0.4) is 0 Å². The number of nitrogens with zero attached hydrogens (tertiary/aromatic N) is 2. The lowest BCUT2D eigenvalue weighted by Gasteiger charge is -2.33. The molecule has 2 amide bonds.